The number of carbonyl (C=O) groups excluding carboxylic acids is 2. The van der Waals surface area contributed by atoms with Crippen LogP contribution in [0.25, 0.3) is 0 Å². The lowest BCUT2D eigenvalue weighted by molar-refractivity contribution is -0.152. The predicted molar refractivity (Wildman–Crippen MR) is 61.8 cm³/mol. The Kier molecular flexibility index (Phi) is 3.81. The number of nitrogens with zero attached hydrogens (tertiary/aromatic N) is 2. The van der Waals surface area contributed by atoms with Crippen molar-refractivity contribution in [3.8, 4) is 0 Å². The van der Waals surface area contributed by atoms with E-state index in [1.807, 2.05) is 0 Å². The summed E-state index contributed by atoms with van der Waals surface area (Å²) in [6, 6.07) is -0.830. The van der Waals surface area contributed by atoms with Crippen molar-refractivity contribution < 1.29 is 19.5 Å². The van der Waals surface area contributed by atoms with E-state index in [1.165, 1.54) is 9.80 Å². The Hall–Kier alpha value is -1.63. The van der Waals surface area contributed by atoms with E-state index in [0.29, 0.717) is 26.1 Å². The molecule has 2 fully saturated rings. The van der Waals surface area contributed by atoms with E-state index in [9.17, 15) is 14.4 Å². The van der Waals surface area contributed by atoms with Crippen LogP contribution in [-0.2, 0) is 14.4 Å². The average Bonchev–Trinajstić information content (AvgIpc) is 2.75. The van der Waals surface area contributed by atoms with E-state index in [2.05, 4.69) is 5.32 Å². The van der Waals surface area contributed by atoms with Crippen LogP contribution in [0.5, 0.6) is 0 Å². The second-order valence-corrected chi connectivity index (χ2v) is 4.56. The van der Waals surface area contributed by atoms with Crippen molar-refractivity contribution in [1.82, 2.24) is 15.1 Å². The zero-order valence-corrected chi connectivity index (χ0v) is 10.1. The fourth-order valence-electron chi connectivity index (χ4n) is 2.35. The second-order valence-electron chi connectivity index (χ2n) is 4.56. The predicted octanol–water partition coefficient (Wildman–Crippen LogP) is -1.51. The van der Waals surface area contributed by atoms with Gasteiger partial charge in [-0.05, 0) is 6.42 Å². The van der Waals surface area contributed by atoms with Crippen LogP contribution in [0, 0.1) is 0 Å². The summed E-state index contributed by atoms with van der Waals surface area (Å²) in [6.07, 6.45) is 1.26. The van der Waals surface area contributed by atoms with Gasteiger partial charge >= 0.3 is 5.97 Å². The summed E-state index contributed by atoms with van der Waals surface area (Å²) < 4.78 is 0. The molecule has 2 heterocycles. The number of rotatable bonds is 3. The third kappa shape index (κ3) is 2.61. The molecule has 1 atom stereocenters. The number of nitrogens with one attached hydrogen (secondary N) is 1. The molecule has 2 aliphatic rings. The number of amides is 2. The van der Waals surface area contributed by atoms with Crippen LogP contribution in [0.2, 0.25) is 0 Å². The molecule has 0 spiro atoms. The maximum absolute atomic E-state index is 12.1. The Morgan fingerprint density at radius 3 is 2.78 bits per heavy atom. The van der Waals surface area contributed by atoms with Crippen molar-refractivity contribution in [1.29, 1.82) is 0 Å². The fraction of sp³-hybridized carbons (Fsp3) is 0.727. The molecule has 2 amide bonds. The molecule has 7 nitrogen and oxygen atoms in total. The van der Waals surface area contributed by atoms with Crippen molar-refractivity contribution >= 4 is 17.8 Å². The third-order valence-corrected chi connectivity index (χ3v) is 3.35. The van der Waals surface area contributed by atoms with Gasteiger partial charge < -0.3 is 20.2 Å². The van der Waals surface area contributed by atoms with Crippen LogP contribution in [0.3, 0.4) is 0 Å². The highest BCUT2D eigenvalue weighted by atomic mass is 16.4. The number of carbonyl (C=O) groups is 3. The molecule has 0 radical (unpaired) electrons. The van der Waals surface area contributed by atoms with Crippen LogP contribution in [0.1, 0.15) is 12.8 Å². The van der Waals surface area contributed by atoms with Crippen LogP contribution in [-0.4, -0.2) is 71.5 Å². The molecule has 7 heteroatoms. The SMILES string of the molecule is O=C(O)C1CNCCN1C(=O)CN1CCCC1=O. The number of hydrogen-bond donors (Lipinski definition) is 2. The first kappa shape index (κ1) is 12.8. The summed E-state index contributed by atoms with van der Waals surface area (Å²) in [7, 11) is 0. The van der Waals surface area contributed by atoms with Gasteiger partial charge in [-0.15, -0.1) is 0 Å². The van der Waals surface area contributed by atoms with E-state index in [4.69, 9.17) is 5.11 Å². The zero-order chi connectivity index (χ0) is 13.1. The quantitative estimate of drug-likeness (QED) is 0.640. The van der Waals surface area contributed by atoms with Crippen LogP contribution >= 0.6 is 0 Å². The van der Waals surface area contributed by atoms with E-state index < -0.39 is 12.0 Å². The van der Waals surface area contributed by atoms with E-state index in [0.717, 1.165) is 6.42 Å². The Labute approximate surface area is 105 Å². The van der Waals surface area contributed by atoms with Gasteiger partial charge in [-0.1, -0.05) is 0 Å². The summed E-state index contributed by atoms with van der Waals surface area (Å²) in [5.41, 5.74) is 0. The number of carboxylic acids is 1. The number of aliphatic carboxylic acids is 1. The Balaban J connectivity index is 1.97. The Morgan fingerprint density at radius 1 is 1.39 bits per heavy atom. The number of carboxylic acid groups (broad SMARTS) is 1. The number of piperazine rings is 1. The van der Waals surface area contributed by atoms with Gasteiger partial charge in [0.15, 0.2) is 0 Å². The molecule has 0 bridgehead atoms. The first-order valence-electron chi connectivity index (χ1n) is 6.10. The largest absolute Gasteiger partial charge is 0.480 e. The van der Waals surface area contributed by atoms with Crippen LogP contribution < -0.4 is 5.32 Å². The molecule has 100 valence electrons. The minimum Gasteiger partial charge on any atom is -0.480 e. The van der Waals surface area contributed by atoms with Crippen LogP contribution in [0.4, 0.5) is 0 Å². The first-order chi connectivity index (χ1) is 8.59. The van der Waals surface area contributed by atoms with E-state index in [1.54, 1.807) is 0 Å². The fourth-order valence-corrected chi connectivity index (χ4v) is 2.35. The molecule has 0 aliphatic carbocycles. The summed E-state index contributed by atoms with van der Waals surface area (Å²) in [6.45, 7) is 1.81. The lowest BCUT2D eigenvalue weighted by Gasteiger charge is -2.34. The van der Waals surface area contributed by atoms with Crippen molar-refractivity contribution in [2.75, 3.05) is 32.7 Å². The average molecular weight is 255 g/mol. The smallest absolute Gasteiger partial charge is 0.327 e. The highest BCUT2D eigenvalue weighted by Gasteiger charge is 2.33. The van der Waals surface area contributed by atoms with Gasteiger partial charge in [0, 0.05) is 32.6 Å². The summed E-state index contributed by atoms with van der Waals surface area (Å²) >= 11 is 0. The van der Waals surface area contributed by atoms with Gasteiger partial charge in [-0.2, -0.15) is 0 Å². The minimum absolute atomic E-state index is 0.00259. The van der Waals surface area contributed by atoms with Gasteiger partial charge in [0.25, 0.3) is 0 Å². The second kappa shape index (κ2) is 5.34. The molecule has 2 saturated heterocycles. The van der Waals surface area contributed by atoms with Crippen LogP contribution in [0.15, 0.2) is 0 Å². The third-order valence-electron chi connectivity index (χ3n) is 3.35. The normalized spacial score (nSPS) is 24.4. The van der Waals surface area contributed by atoms with Gasteiger partial charge in [0.05, 0.1) is 6.54 Å². The highest BCUT2D eigenvalue weighted by molar-refractivity contribution is 5.88. The molecule has 18 heavy (non-hydrogen) atoms. The summed E-state index contributed by atoms with van der Waals surface area (Å²) in [4.78, 5) is 37.4. The standard InChI is InChI=1S/C11H17N3O4/c15-9-2-1-4-13(9)7-10(16)14-5-3-12-6-8(14)11(17)18/h8,12H,1-7H2,(H,17,18). The van der Waals surface area contributed by atoms with Crippen molar-refractivity contribution in [2.45, 2.75) is 18.9 Å². The van der Waals surface area contributed by atoms with Gasteiger partial charge in [0.1, 0.15) is 6.04 Å². The Bertz CT molecular complexity index is 371. The van der Waals surface area contributed by atoms with Crippen molar-refractivity contribution in [3.05, 3.63) is 0 Å². The minimum atomic E-state index is -1.01. The lowest BCUT2D eigenvalue weighted by Crippen LogP contribution is -2.58. The summed E-state index contributed by atoms with van der Waals surface area (Å²) in [5.74, 6) is -1.31. The van der Waals surface area contributed by atoms with Gasteiger partial charge in [0.2, 0.25) is 11.8 Å². The van der Waals surface area contributed by atoms with Crippen molar-refractivity contribution in [2.24, 2.45) is 0 Å². The molecule has 2 aliphatic heterocycles. The molecular formula is C11H17N3O4. The van der Waals surface area contributed by atoms with E-state index >= 15 is 0 Å². The zero-order valence-electron chi connectivity index (χ0n) is 10.1. The lowest BCUT2D eigenvalue weighted by atomic mass is 10.2. The topological polar surface area (TPSA) is 89.9 Å². The van der Waals surface area contributed by atoms with Crippen molar-refractivity contribution in [3.63, 3.8) is 0 Å². The maximum atomic E-state index is 12.1. The number of hydrogen-bond acceptors (Lipinski definition) is 4. The monoisotopic (exact) mass is 255 g/mol. The van der Waals surface area contributed by atoms with Gasteiger partial charge in [-0.25, -0.2) is 4.79 Å². The Morgan fingerprint density at radius 2 is 2.17 bits per heavy atom. The molecule has 2 rings (SSSR count). The molecule has 0 aromatic heterocycles. The van der Waals surface area contributed by atoms with E-state index in [-0.39, 0.29) is 24.9 Å². The summed E-state index contributed by atoms with van der Waals surface area (Å²) in [5, 5.41) is 12.0. The highest BCUT2D eigenvalue weighted by Crippen LogP contribution is 2.11. The molecule has 0 aromatic rings. The molecule has 0 aromatic carbocycles. The molecule has 0 saturated carbocycles. The first-order valence-corrected chi connectivity index (χ1v) is 6.10. The molecular weight excluding hydrogens is 238 g/mol. The maximum Gasteiger partial charge on any atom is 0.327 e. The molecule has 1 unspecified atom stereocenters. The van der Waals surface area contributed by atoms with Gasteiger partial charge in [-0.3, -0.25) is 9.59 Å². The number of likely N-dealkylation sites (tertiary alicyclic amines) is 1. The molecule has 2 N–H and O–H groups in total.